The van der Waals surface area contributed by atoms with Gasteiger partial charge in [-0.25, -0.2) is 0 Å². The Morgan fingerprint density at radius 3 is 2.47 bits per heavy atom. The minimum atomic E-state index is -0.124. The van der Waals surface area contributed by atoms with Crippen LogP contribution >= 0.6 is 0 Å². The Morgan fingerprint density at radius 2 is 1.95 bits per heavy atom. The molecule has 1 aromatic carbocycles. The number of benzene rings is 1. The van der Waals surface area contributed by atoms with Crippen LogP contribution in [0.25, 0.3) is 0 Å². The lowest BCUT2D eigenvalue weighted by molar-refractivity contribution is 0.0234. The minimum absolute atomic E-state index is 0.111. The van der Waals surface area contributed by atoms with Crippen molar-refractivity contribution in [1.29, 1.82) is 0 Å². The molecule has 0 amide bonds. The van der Waals surface area contributed by atoms with Crippen LogP contribution in [0.15, 0.2) is 24.3 Å². The Hall–Kier alpha value is -1.19. The van der Waals surface area contributed by atoms with Crippen molar-refractivity contribution in [3.63, 3.8) is 0 Å². The number of carbonyl (C=O) groups is 1. The molecule has 1 unspecified atom stereocenters. The number of rotatable bonds is 5. The number of likely N-dealkylation sites (N-methyl/N-ethyl adjacent to an activating group) is 1. The number of nitrogens with zero attached hydrogens (tertiary/aromatic N) is 1. The molecule has 104 valence electrons. The molecule has 0 bridgehead atoms. The van der Waals surface area contributed by atoms with Crippen molar-refractivity contribution in [2.75, 3.05) is 13.6 Å². The summed E-state index contributed by atoms with van der Waals surface area (Å²) in [6, 6.07) is 7.63. The predicted molar refractivity (Wildman–Crippen MR) is 76.3 cm³/mol. The van der Waals surface area contributed by atoms with Gasteiger partial charge in [-0.3, -0.25) is 9.69 Å². The Kier molecular flexibility index (Phi) is 4.38. The molecule has 0 spiro atoms. The molecule has 3 nitrogen and oxygen atoms in total. The molecule has 0 radical (unpaired) electrons. The van der Waals surface area contributed by atoms with E-state index in [4.69, 9.17) is 0 Å². The molecular weight excluding hydrogens is 238 g/mol. The highest BCUT2D eigenvalue weighted by Crippen LogP contribution is 2.28. The van der Waals surface area contributed by atoms with E-state index in [2.05, 4.69) is 4.90 Å². The van der Waals surface area contributed by atoms with Gasteiger partial charge in [0.2, 0.25) is 0 Å². The molecule has 2 rings (SSSR count). The van der Waals surface area contributed by atoms with Crippen LogP contribution in [0.3, 0.4) is 0 Å². The van der Waals surface area contributed by atoms with E-state index in [1.807, 2.05) is 45.2 Å². The van der Waals surface area contributed by atoms with Crippen LogP contribution in [0.5, 0.6) is 0 Å². The van der Waals surface area contributed by atoms with Crippen LogP contribution < -0.4 is 0 Å². The van der Waals surface area contributed by atoms with E-state index < -0.39 is 0 Å². The molecule has 1 fully saturated rings. The van der Waals surface area contributed by atoms with Gasteiger partial charge in [-0.15, -0.1) is 0 Å². The molecule has 1 aliphatic carbocycles. The molecule has 1 aromatic rings. The Labute approximate surface area is 115 Å². The third kappa shape index (κ3) is 3.43. The second-order valence-electron chi connectivity index (χ2n) is 5.84. The number of carbonyl (C=O) groups excluding carboxylic acids is 1. The van der Waals surface area contributed by atoms with Gasteiger partial charge in [-0.2, -0.15) is 0 Å². The van der Waals surface area contributed by atoms with E-state index in [0.29, 0.717) is 5.92 Å². The molecule has 0 aliphatic heterocycles. The zero-order chi connectivity index (χ0) is 14.0. The minimum Gasteiger partial charge on any atom is -0.393 e. The normalized spacial score (nSPS) is 24.1. The maximum Gasteiger partial charge on any atom is 0.179 e. The average molecular weight is 261 g/mol. The van der Waals surface area contributed by atoms with Gasteiger partial charge >= 0.3 is 0 Å². The molecule has 0 aromatic heterocycles. The van der Waals surface area contributed by atoms with Crippen LogP contribution in [-0.4, -0.2) is 41.5 Å². The summed E-state index contributed by atoms with van der Waals surface area (Å²) in [6.07, 6.45) is 1.62. The van der Waals surface area contributed by atoms with Crippen LogP contribution in [0.1, 0.15) is 35.7 Å². The van der Waals surface area contributed by atoms with Gasteiger partial charge in [0.1, 0.15) is 0 Å². The van der Waals surface area contributed by atoms with E-state index in [9.17, 15) is 9.90 Å². The largest absolute Gasteiger partial charge is 0.393 e. The van der Waals surface area contributed by atoms with Gasteiger partial charge in [-0.1, -0.05) is 29.8 Å². The lowest BCUT2D eigenvalue weighted by atomic mass is 9.82. The summed E-state index contributed by atoms with van der Waals surface area (Å²) in [6.45, 7) is 4.86. The first kappa shape index (κ1) is 14.2. The van der Waals surface area contributed by atoms with E-state index in [-0.39, 0.29) is 17.9 Å². The summed E-state index contributed by atoms with van der Waals surface area (Å²) in [5.41, 5.74) is 1.94. The van der Waals surface area contributed by atoms with Crippen molar-refractivity contribution in [2.24, 2.45) is 5.92 Å². The second kappa shape index (κ2) is 5.85. The predicted octanol–water partition coefficient (Wildman–Crippen LogP) is 2.27. The fourth-order valence-corrected chi connectivity index (χ4v) is 2.57. The summed E-state index contributed by atoms with van der Waals surface area (Å²) in [4.78, 5) is 14.5. The fourth-order valence-electron chi connectivity index (χ4n) is 2.57. The lowest BCUT2D eigenvalue weighted by Crippen LogP contribution is -2.43. The summed E-state index contributed by atoms with van der Waals surface area (Å²) >= 11 is 0. The van der Waals surface area contributed by atoms with Gasteiger partial charge < -0.3 is 5.11 Å². The van der Waals surface area contributed by atoms with Gasteiger partial charge in [-0.05, 0) is 39.7 Å². The van der Waals surface area contributed by atoms with E-state index >= 15 is 0 Å². The van der Waals surface area contributed by atoms with Crippen molar-refractivity contribution < 1.29 is 9.90 Å². The van der Waals surface area contributed by atoms with Crippen LogP contribution in [-0.2, 0) is 0 Å². The van der Waals surface area contributed by atoms with Crippen LogP contribution in [0, 0.1) is 12.8 Å². The van der Waals surface area contributed by atoms with Crippen molar-refractivity contribution in [1.82, 2.24) is 4.90 Å². The number of hydrogen-bond donors (Lipinski definition) is 1. The van der Waals surface area contributed by atoms with Crippen molar-refractivity contribution >= 4 is 5.78 Å². The zero-order valence-corrected chi connectivity index (χ0v) is 12.0. The third-order valence-corrected chi connectivity index (χ3v) is 4.13. The molecule has 1 aliphatic rings. The monoisotopic (exact) mass is 261 g/mol. The van der Waals surface area contributed by atoms with Crippen molar-refractivity contribution in [3.8, 4) is 0 Å². The molecule has 1 saturated carbocycles. The maximum absolute atomic E-state index is 12.4. The Morgan fingerprint density at radius 1 is 1.37 bits per heavy atom. The first-order chi connectivity index (χ1) is 8.97. The first-order valence-electron chi connectivity index (χ1n) is 6.96. The second-order valence-corrected chi connectivity index (χ2v) is 5.84. The molecular formula is C16H23NO2. The zero-order valence-electron chi connectivity index (χ0n) is 12.0. The molecule has 0 heterocycles. The van der Waals surface area contributed by atoms with Crippen LogP contribution in [0.2, 0.25) is 0 Å². The highest BCUT2D eigenvalue weighted by molar-refractivity contribution is 5.99. The van der Waals surface area contributed by atoms with Crippen LogP contribution in [0.4, 0.5) is 0 Å². The maximum atomic E-state index is 12.4. The number of aryl methyl sites for hydroxylation is 1. The SMILES string of the molecule is Cc1ccc(C(=O)C(C)N(C)CC2CC(O)C2)cc1. The standard InChI is InChI=1S/C16H23NO2/c1-11-4-6-14(7-5-11)16(19)12(2)17(3)10-13-8-15(18)9-13/h4-7,12-13,15,18H,8-10H2,1-3H3. The third-order valence-electron chi connectivity index (χ3n) is 4.13. The summed E-state index contributed by atoms with van der Waals surface area (Å²) in [5, 5.41) is 9.30. The van der Waals surface area contributed by atoms with Gasteiger partial charge in [0.15, 0.2) is 5.78 Å². The van der Waals surface area contributed by atoms with Gasteiger partial charge in [0, 0.05) is 12.1 Å². The number of aliphatic hydroxyl groups is 1. The summed E-state index contributed by atoms with van der Waals surface area (Å²) in [7, 11) is 1.99. The Balaban J connectivity index is 1.92. The Bertz CT molecular complexity index is 435. The smallest absolute Gasteiger partial charge is 0.179 e. The highest BCUT2D eigenvalue weighted by atomic mass is 16.3. The fraction of sp³-hybridized carbons (Fsp3) is 0.562. The van der Waals surface area contributed by atoms with Crippen molar-refractivity contribution in [2.45, 2.75) is 38.8 Å². The highest BCUT2D eigenvalue weighted by Gasteiger charge is 2.30. The summed E-state index contributed by atoms with van der Waals surface area (Å²) < 4.78 is 0. The van der Waals surface area contributed by atoms with Gasteiger partial charge in [0.25, 0.3) is 0 Å². The van der Waals surface area contributed by atoms with E-state index in [1.54, 1.807) is 0 Å². The molecule has 0 saturated heterocycles. The topological polar surface area (TPSA) is 40.5 Å². The van der Waals surface area contributed by atoms with E-state index in [1.165, 1.54) is 5.56 Å². The molecule has 1 N–H and O–H groups in total. The quantitative estimate of drug-likeness (QED) is 0.827. The van der Waals surface area contributed by atoms with Crippen molar-refractivity contribution in [3.05, 3.63) is 35.4 Å². The number of ketones is 1. The first-order valence-corrected chi connectivity index (χ1v) is 6.96. The summed E-state index contributed by atoms with van der Waals surface area (Å²) in [5.74, 6) is 0.704. The average Bonchev–Trinajstić information content (AvgIpc) is 2.36. The van der Waals surface area contributed by atoms with Gasteiger partial charge in [0.05, 0.1) is 12.1 Å². The van der Waals surface area contributed by atoms with E-state index in [0.717, 1.165) is 24.9 Å². The lowest BCUT2D eigenvalue weighted by Gasteiger charge is -2.36. The molecule has 1 atom stereocenters. The number of aliphatic hydroxyl groups excluding tert-OH is 1. The molecule has 3 heteroatoms. The number of hydrogen-bond acceptors (Lipinski definition) is 3. The molecule has 19 heavy (non-hydrogen) atoms. The number of Topliss-reactive ketones (excluding diaryl/α,β-unsaturated/α-hetero) is 1.